The summed E-state index contributed by atoms with van der Waals surface area (Å²) >= 11 is 0. The highest BCUT2D eigenvalue weighted by Crippen LogP contribution is 2.45. The van der Waals surface area contributed by atoms with Crippen LogP contribution in [0, 0.1) is 0 Å². The summed E-state index contributed by atoms with van der Waals surface area (Å²) < 4.78 is 0.578. The standard InChI is InChI=1S/4C19H15N4.4ClH/c4*1-4-10-16(11-5-1)19-20-21-22-23(19,17-12-6-2-7-13-17)18-14-8-3-9-15-18;;;;/h4*1-15H;4*1H/q4*+1;;;;/p-4. The average Bonchev–Trinajstić information content (AvgIpc) is 1.54. The second-order valence-corrected chi connectivity index (χ2v) is 21.1. The van der Waals surface area contributed by atoms with Crippen LogP contribution in [0.25, 0.3) is 0 Å². The van der Waals surface area contributed by atoms with Gasteiger partial charge in [-0.3, -0.25) is 0 Å². The summed E-state index contributed by atoms with van der Waals surface area (Å²) in [4.78, 5) is 0. The van der Waals surface area contributed by atoms with Crippen molar-refractivity contribution < 1.29 is 49.6 Å². The summed E-state index contributed by atoms with van der Waals surface area (Å²) in [6.07, 6.45) is 0. The van der Waals surface area contributed by atoms with E-state index in [0.717, 1.165) is 91.1 Å². The number of para-hydroxylation sites is 8. The zero-order chi connectivity index (χ0) is 62.1. The molecule has 0 N–H and O–H groups in total. The fourth-order valence-corrected chi connectivity index (χ4v) is 11.4. The molecule has 96 heavy (non-hydrogen) atoms. The van der Waals surface area contributed by atoms with Crippen molar-refractivity contribution in [2.45, 2.75) is 0 Å². The summed E-state index contributed by atoms with van der Waals surface area (Å²) in [5, 5.41) is 51.7. The molecule has 0 aromatic heterocycles. The van der Waals surface area contributed by atoms with Gasteiger partial charge in [-0.05, 0) is 48.5 Å². The molecule has 12 aromatic rings. The molecule has 0 saturated carbocycles. The maximum absolute atomic E-state index is 4.52. The van der Waals surface area contributed by atoms with Crippen molar-refractivity contribution in [2.75, 3.05) is 0 Å². The largest absolute Gasteiger partial charge is 1.00 e. The van der Waals surface area contributed by atoms with Crippen LogP contribution < -0.4 is 68.0 Å². The highest BCUT2D eigenvalue weighted by Gasteiger charge is 2.49. The summed E-state index contributed by atoms with van der Waals surface area (Å²) in [6.45, 7) is 0. The fourth-order valence-electron chi connectivity index (χ4n) is 11.4. The number of nitrogens with zero attached hydrogens (tertiary/aromatic N) is 16. The maximum Gasteiger partial charge on any atom is 0.294 e. The Morgan fingerprint density at radius 2 is 0.260 bits per heavy atom. The number of amidine groups is 4. The molecule has 0 radical (unpaired) electrons. The van der Waals surface area contributed by atoms with E-state index in [2.05, 4.69) is 159 Å². The third kappa shape index (κ3) is 13.7. The van der Waals surface area contributed by atoms with Crippen LogP contribution in [0.3, 0.4) is 0 Å². The lowest BCUT2D eigenvalue weighted by Gasteiger charge is -2.26. The molecule has 16 rings (SSSR count). The van der Waals surface area contributed by atoms with E-state index in [1.807, 2.05) is 267 Å². The van der Waals surface area contributed by atoms with Crippen LogP contribution >= 0.6 is 0 Å². The molecule has 472 valence electrons. The number of rotatable bonds is 12. The Bertz CT molecular complexity index is 3890. The molecule has 0 atom stereocenters. The van der Waals surface area contributed by atoms with Crippen LogP contribution in [0.4, 0.5) is 45.5 Å². The molecule has 0 unspecified atom stereocenters. The Kier molecular flexibility index (Phi) is 23.4. The summed E-state index contributed by atoms with van der Waals surface area (Å²) in [5.41, 5.74) is 12.0. The molecule has 4 aliphatic rings. The van der Waals surface area contributed by atoms with Gasteiger partial charge in [0.1, 0.15) is 0 Å². The van der Waals surface area contributed by atoms with Crippen molar-refractivity contribution in [1.29, 1.82) is 0 Å². The molecule has 0 bridgehead atoms. The number of benzene rings is 12. The molecule has 0 spiro atoms. The normalized spacial score (nSPS) is 14.8. The smallest absolute Gasteiger partial charge is 0.294 e. The van der Waals surface area contributed by atoms with E-state index in [4.69, 9.17) is 0 Å². The Morgan fingerprint density at radius 1 is 0.146 bits per heavy atom. The number of quaternary nitrogens is 4. The number of hydrogen-bond donors (Lipinski definition) is 0. The van der Waals surface area contributed by atoms with Gasteiger partial charge in [-0.1, -0.05) is 257 Å². The van der Waals surface area contributed by atoms with Crippen LogP contribution in [0.15, 0.2) is 426 Å². The first-order valence-electron chi connectivity index (χ1n) is 29.9. The lowest BCUT2D eigenvalue weighted by molar-refractivity contribution is -0.00100. The topological polar surface area (TPSA) is 148 Å². The SMILES string of the molecule is [Cl-].[Cl-].[Cl-].[Cl-].c1ccc(C2=NN=N[N+]2(c2ccccc2)c2ccccc2)cc1.c1ccc(C2=NN=N[N+]2(c2ccccc2)c2ccccc2)cc1.c1ccc(C2=NN=N[N+]2(c2ccccc2)c2ccccc2)cc1.c1ccc(C2=NN=N[N+]2(c2ccccc2)c2ccccc2)cc1. The molecular formula is C76H60Cl4N16. The van der Waals surface area contributed by atoms with Gasteiger partial charge in [-0.2, -0.15) is 0 Å². The Morgan fingerprint density at radius 3 is 0.385 bits per heavy atom. The van der Waals surface area contributed by atoms with Gasteiger partial charge in [-0.15, -0.1) is 0 Å². The Balaban J connectivity index is 0.000000148. The van der Waals surface area contributed by atoms with E-state index in [0.29, 0.717) is 0 Å². The van der Waals surface area contributed by atoms with E-state index in [1.165, 1.54) is 0 Å². The summed E-state index contributed by atoms with van der Waals surface area (Å²) in [5.74, 6) is 3.18. The van der Waals surface area contributed by atoms with Crippen molar-refractivity contribution in [1.82, 2.24) is 18.4 Å². The van der Waals surface area contributed by atoms with E-state index in [9.17, 15) is 0 Å². The zero-order valence-electron chi connectivity index (χ0n) is 51.3. The van der Waals surface area contributed by atoms with Gasteiger partial charge in [0.25, 0.3) is 23.3 Å². The third-order valence-electron chi connectivity index (χ3n) is 15.6. The molecule has 20 heteroatoms. The van der Waals surface area contributed by atoms with Crippen molar-refractivity contribution in [3.05, 3.63) is 386 Å². The summed E-state index contributed by atoms with van der Waals surface area (Å²) in [6, 6.07) is 121. The average molecular weight is 1340 g/mol. The first-order chi connectivity index (χ1) is 45.6. The van der Waals surface area contributed by atoms with Crippen LogP contribution in [0.2, 0.25) is 0 Å². The first-order valence-corrected chi connectivity index (χ1v) is 29.9. The summed E-state index contributed by atoms with van der Waals surface area (Å²) in [7, 11) is 0. The van der Waals surface area contributed by atoms with E-state index in [1.54, 1.807) is 0 Å². The van der Waals surface area contributed by atoms with Gasteiger partial charge in [0.05, 0.1) is 43.1 Å². The Labute approximate surface area is 581 Å². The van der Waals surface area contributed by atoms with Crippen LogP contribution in [-0.4, -0.2) is 23.3 Å². The quantitative estimate of drug-likeness (QED) is 0.108. The van der Waals surface area contributed by atoms with Gasteiger partial charge >= 0.3 is 0 Å². The van der Waals surface area contributed by atoms with Gasteiger partial charge in [0.15, 0.2) is 45.5 Å². The fraction of sp³-hybridized carbons (Fsp3) is 0. The molecule has 0 saturated heterocycles. The van der Waals surface area contributed by atoms with Gasteiger partial charge in [0.2, 0.25) is 0 Å². The van der Waals surface area contributed by atoms with E-state index >= 15 is 0 Å². The molecule has 4 heterocycles. The first kappa shape index (κ1) is 69.1. The number of hydrogen-bond acceptors (Lipinski definition) is 12. The lowest BCUT2D eigenvalue weighted by Crippen LogP contribution is -3.00. The second kappa shape index (κ2) is 32.5. The Hall–Kier alpha value is -11.3. The van der Waals surface area contributed by atoms with Crippen LogP contribution in [0.1, 0.15) is 22.3 Å². The zero-order valence-corrected chi connectivity index (χ0v) is 54.3. The van der Waals surface area contributed by atoms with Crippen molar-refractivity contribution in [2.24, 2.45) is 62.2 Å². The van der Waals surface area contributed by atoms with E-state index < -0.39 is 0 Å². The highest BCUT2D eigenvalue weighted by molar-refractivity contribution is 6.12. The van der Waals surface area contributed by atoms with Crippen LogP contribution in [-0.2, 0) is 0 Å². The molecular weight excluding hydrogens is 1280 g/mol. The minimum absolute atomic E-state index is 0. The van der Waals surface area contributed by atoms with Crippen molar-refractivity contribution in [3.8, 4) is 0 Å². The third-order valence-corrected chi connectivity index (χ3v) is 15.6. The predicted octanol–water partition coefficient (Wildman–Crippen LogP) is 8.29. The monoisotopic (exact) mass is 1340 g/mol. The second-order valence-electron chi connectivity index (χ2n) is 21.1. The molecule has 12 aromatic carbocycles. The van der Waals surface area contributed by atoms with Crippen molar-refractivity contribution >= 4 is 68.8 Å². The number of halogens is 4. The molecule has 4 aliphatic heterocycles. The maximum atomic E-state index is 4.52. The van der Waals surface area contributed by atoms with Gasteiger partial charge < -0.3 is 49.6 Å². The van der Waals surface area contributed by atoms with Gasteiger partial charge in [0, 0.05) is 118 Å². The van der Waals surface area contributed by atoms with Gasteiger partial charge in [-0.25, -0.2) is 0 Å². The van der Waals surface area contributed by atoms with Crippen LogP contribution in [0.5, 0.6) is 0 Å². The van der Waals surface area contributed by atoms with Crippen molar-refractivity contribution in [3.63, 3.8) is 0 Å². The van der Waals surface area contributed by atoms with E-state index in [-0.39, 0.29) is 68.0 Å². The minimum Gasteiger partial charge on any atom is -1.00 e. The minimum atomic E-state index is 0. The lowest BCUT2D eigenvalue weighted by atomic mass is 10.1. The molecule has 16 nitrogen and oxygen atoms in total. The predicted molar refractivity (Wildman–Crippen MR) is 369 cm³/mol. The molecule has 0 amide bonds. The molecule has 0 aliphatic carbocycles. The highest BCUT2D eigenvalue weighted by atomic mass is 35.5. The molecule has 0 fully saturated rings.